The number of nitrogens with one attached hydrogen (secondary N) is 1. The second-order valence-corrected chi connectivity index (χ2v) is 8.78. The summed E-state index contributed by atoms with van der Waals surface area (Å²) in [5.74, 6) is -0.490. The van der Waals surface area contributed by atoms with Crippen molar-refractivity contribution < 1.29 is 18.0 Å². The summed E-state index contributed by atoms with van der Waals surface area (Å²) < 4.78 is 44.2. The zero-order valence-corrected chi connectivity index (χ0v) is 19.1. The number of carbonyl (C=O) groups is 1. The summed E-state index contributed by atoms with van der Waals surface area (Å²) in [6, 6.07) is 10.1. The van der Waals surface area contributed by atoms with Gasteiger partial charge >= 0.3 is 6.18 Å². The first-order valence-corrected chi connectivity index (χ1v) is 10.9. The monoisotopic (exact) mass is 485 g/mol. The topological polar surface area (TPSA) is 82.6 Å². The average molecular weight is 485 g/mol. The van der Waals surface area contributed by atoms with Crippen LogP contribution in [-0.2, 0) is 20.3 Å². The second-order valence-electron chi connectivity index (χ2n) is 7.75. The third-order valence-corrected chi connectivity index (χ3v) is 6.47. The molecule has 0 aliphatic rings. The molecule has 4 heterocycles. The molecule has 0 aliphatic carbocycles. The Morgan fingerprint density at radius 3 is 2.44 bits per heavy atom. The van der Waals surface area contributed by atoms with E-state index in [1.165, 1.54) is 13.1 Å². The standard InChI is InChI=1S/C22H18F3N7OS/c1-12-16(11-30(2)27-12)17-8-9-32(28-17)14-6-4-13(5-7-14)26-20(33)18-10-15-19(22(23,24)25)29-31(3)21(15)34-18/h4-11H,1-3H3,(H,26,33). The van der Waals surface area contributed by atoms with Crippen molar-refractivity contribution in [3.63, 3.8) is 0 Å². The van der Waals surface area contributed by atoms with E-state index in [2.05, 4.69) is 20.6 Å². The molecule has 0 unspecified atom stereocenters. The van der Waals surface area contributed by atoms with E-state index in [0.717, 1.165) is 38.7 Å². The third kappa shape index (κ3) is 3.85. The van der Waals surface area contributed by atoms with Crippen molar-refractivity contribution in [1.29, 1.82) is 0 Å². The number of halogens is 3. The van der Waals surface area contributed by atoms with Gasteiger partial charge in [-0.25, -0.2) is 4.68 Å². The Balaban J connectivity index is 1.34. The average Bonchev–Trinajstić information content (AvgIpc) is 3.53. The number of hydrogen-bond donors (Lipinski definition) is 1. The fraction of sp³-hybridized carbons (Fsp3) is 0.182. The second kappa shape index (κ2) is 7.83. The van der Waals surface area contributed by atoms with Crippen LogP contribution in [0.1, 0.15) is 21.1 Å². The number of hydrogen-bond acceptors (Lipinski definition) is 5. The minimum Gasteiger partial charge on any atom is -0.321 e. The number of alkyl halides is 3. The molecule has 0 bridgehead atoms. The van der Waals surface area contributed by atoms with Crippen molar-refractivity contribution in [1.82, 2.24) is 29.3 Å². The lowest BCUT2D eigenvalue weighted by atomic mass is 10.2. The largest absolute Gasteiger partial charge is 0.435 e. The van der Waals surface area contributed by atoms with E-state index in [1.54, 1.807) is 33.6 Å². The van der Waals surface area contributed by atoms with Crippen molar-refractivity contribution in [3.05, 3.63) is 65.1 Å². The molecule has 8 nitrogen and oxygen atoms in total. The van der Waals surface area contributed by atoms with Crippen LogP contribution in [0, 0.1) is 6.92 Å². The van der Waals surface area contributed by atoms with E-state index in [4.69, 9.17) is 0 Å². The Kier molecular flexibility index (Phi) is 5.04. The van der Waals surface area contributed by atoms with E-state index in [1.807, 2.05) is 32.4 Å². The van der Waals surface area contributed by atoms with E-state index < -0.39 is 17.8 Å². The summed E-state index contributed by atoms with van der Waals surface area (Å²) in [4.78, 5) is 13.1. The lowest BCUT2D eigenvalue weighted by Crippen LogP contribution is -2.11. The van der Waals surface area contributed by atoms with Crippen LogP contribution in [-0.4, -0.2) is 35.2 Å². The van der Waals surface area contributed by atoms with Crippen LogP contribution >= 0.6 is 11.3 Å². The van der Waals surface area contributed by atoms with E-state index in [9.17, 15) is 18.0 Å². The molecular weight excluding hydrogens is 467 g/mol. The smallest absolute Gasteiger partial charge is 0.321 e. The van der Waals surface area contributed by atoms with Gasteiger partial charge in [0.05, 0.1) is 22.0 Å². The lowest BCUT2D eigenvalue weighted by Gasteiger charge is -2.06. The van der Waals surface area contributed by atoms with Gasteiger partial charge in [-0.15, -0.1) is 11.3 Å². The molecule has 0 spiro atoms. The SMILES string of the molecule is Cc1nn(C)cc1-c1ccn(-c2ccc(NC(=O)c3cc4c(C(F)(F)F)nn(C)c4s3)cc2)n1. The van der Waals surface area contributed by atoms with Gasteiger partial charge < -0.3 is 5.32 Å². The van der Waals surface area contributed by atoms with Crippen LogP contribution in [0.5, 0.6) is 0 Å². The van der Waals surface area contributed by atoms with Crippen LogP contribution < -0.4 is 5.32 Å². The molecular formula is C22H18F3N7OS. The number of amides is 1. The van der Waals surface area contributed by atoms with Crippen molar-refractivity contribution in [2.75, 3.05) is 5.32 Å². The zero-order chi connectivity index (χ0) is 24.2. The van der Waals surface area contributed by atoms with E-state index in [0.29, 0.717) is 5.69 Å². The predicted molar refractivity (Wildman–Crippen MR) is 122 cm³/mol. The highest BCUT2D eigenvalue weighted by Crippen LogP contribution is 2.37. The molecule has 0 saturated carbocycles. The molecule has 1 amide bonds. The minimum atomic E-state index is -4.59. The number of anilines is 1. The third-order valence-electron chi connectivity index (χ3n) is 5.27. The Hall–Kier alpha value is -3.93. The molecule has 0 fully saturated rings. The molecule has 0 radical (unpaired) electrons. The normalized spacial score (nSPS) is 11.9. The number of aromatic nitrogens is 6. The molecule has 0 saturated heterocycles. The Morgan fingerprint density at radius 1 is 1.06 bits per heavy atom. The maximum Gasteiger partial charge on any atom is 0.435 e. The van der Waals surface area contributed by atoms with Gasteiger partial charge in [-0.3, -0.25) is 14.2 Å². The van der Waals surface area contributed by atoms with Gasteiger partial charge in [0.2, 0.25) is 0 Å². The Labute approximate surface area is 195 Å². The summed E-state index contributed by atoms with van der Waals surface area (Å²) in [5.41, 5.74) is 2.91. The maximum atomic E-state index is 13.2. The number of aryl methyl sites for hydroxylation is 3. The van der Waals surface area contributed by atoms with Gasteiger partial charge in [0, 0.05) is 43.1 Å². The van der Waals surface area contributed by atoms with Crippen molar-refractivity contribution in [2.45, 2.75) is 13.1 Å². The molecule has 0 atom stereocenters. The first-order chi connectivity index (χ1) is 16.1. The highest BCUT2D eigenvalue weighted by atomic mass is 32.1. The molecule has 4 aromatic heterocycles. The first-order valence-electron chi connectivity index (χ1n) is 10.1. The fourth-order valence-electron chi connectivity index (χ4n) is 3.71. The molecule has 5 aromatic rings. The molecule has 1 N–H and O–H groups in total. The van der Waals surface area contributed by atoms with Crippen LogP contribution in [0.25, 0.3) is 27.2 Å². The summed E-state index contributed by atoms with van der Waals surface area (Å²) in [6.07, 6.45) is -0.854. The molecule has 0 aliphatic heterocycles. The van der Waals surface area contributed by atoms with Crippen molar-refractivity contribution in [3.8, 4) is 16.9 Å². The van der Waals surface area contributed by atoms with Crippen molar-refractivity contribution in [2.24, 2.45) is 14.1 Å². The number of nitrogens with zero attached hydrogens (tertiary/aromatic N) is 6. The maximum absolute atomic E-state index is 13.2. The van der Waals surface area contributed by atoms with E-state index >= 15 is 0 Å². The van der Waals surface area contributed by atoms with E-state index in [-0.39, 0.29) is 15.1 Å². The molecule has 1 aromatic carbocycles. The number of benzene rings is 1. The van der Waals surface area contributed by atoms with Crippen LogP contribution in [0.15, 0.2) is 48.8 Å². The number of rotatable bonds is 4. The van der Waals surface area contributed by atoms with Crippen molar-refractivity contribution >= 4 is 33.1 Å². The van der Waals surface area contributed by atoms with Gasteiger partial charge in [-0.05, 0) is 43.3 Å². The predicted octanol–water partition coefficient (Wildman–Crippen LogP) is 4.80. The van der Waals surface area contributed by atoms with Gasteiger partial charge in [0.1, 0.15) is 4.83 Å². The summed E-state index contributed by atoms with van der Waals surface area (Å²) in [7, 11) is 3.27. The first kappa shape index (κ1) is 21.9. The summed E-state index contributed by atoms with van der Waals surface area (Å²) in [6.45, 7) is 1.92. The molecule has 34 heavy (non-hydrogen) atoms. The van der Waals surface area contributed by atoms with Crippen LogP contribution in [0.2, 0.25) is 0 Å². The summed E-state index contributed by atoms with van der Waals surface area (Å²) >= 11 is 0.959. The minimum absolute atomic E-state index is 0.0844. The van der Waals surface area contributed by atoms with Gasteiger partial charge in [-0.2, -0.15) is 28.5 Å². The quantitative estimate of drug-likeness (QED) is 0.397. The fourth-order valence-corrected chi connectivity index (χ4v) is 4.68. The van der Waals surface area contributed by atoms with Gasteiger partial charge in [0.25, 0.3) is 5.91 Å². The molecule has 5 rings (SSSR count). The Bertz CT molecular complexity index is 1520. The summed E-state index contributed by atoms with van der Waals surface area (Å²) in [5, 5.41) is 15.1. The lowest BCUT2D eigenvalue weighted by molar-refractivity contribution is -0.140. The number of carbonyl (C=O) groups excluding carboxylic acids is 1. The molecule has 12 heteroatoms. The van der Waals surface area contributed by atoms with Crippen LogP contribution in [0.4, 0.5) is 18.9 Å². The van der Waals surface area contributed by atoms with Crippen LogP contribution in [0.3, 0.4) is 0 Å². The van der Waals surface area contributed by atoms with Gasteiger partial charge in [-0.1, -0.05) is 0 Å². The zero-order valence-electron chi connectivity index (χ0n) is 18.3. The number of thiophene rings is 1. The number of fused-ring (bicyclic) bond motifs is 1. The molecule has 174 valence electrons. The highest BCUT2D eigenvalue weighted by molar-refractivity contribution is 7.20. The highest BCUT2D eigenvalue weighted by Gasteiger charge is 2.37. The van der Waals surface area contributed by atoms with Gasteiger partial charge in [0.15, 0.2) is 5.69 Å². The Morgan fingerprint density at radius 2 is 1.79 bits per heavy atom.